The van der Waals surface area contributed by atoms with E-state index in [4.69, 9.17) is 5.84 Å². The highest BCUT2D eigenvalue weighted by molar-refractivity contribution is 5.91. The molecule has 0 unspecified atom stereocenters. The highest BCUT2D eigenvalue weighted by atomic mass is 19.3. The maximum atomic E-state index is 11.7. The van der Waals surface area contributed by atoms with Crippen molar-refractivity contribution in [3.63, 3.8) is 0 Å². The smallest absolute Gasteiger partial charge is 0.387 e. The Bertz CT molecular complexity index is 315. The average Bonchev–Trinajstić information content (AvgIpc) is 2.17. The van der Waals surface area contributed by atoms with Crippen molar-refractivity contribution in [1.82, 2.24) is 10.4 Å². The van der Waals surface area contributed by atoms with Crippen molar-refractivity contribution < 1.29 is 18.3 Å². The molecule has 1 heterocycles. The van der Waals surface area contributed by atoms with E-state index in [1.165, 1.54) is 12.1 Å². The second-order valence-corrected chi connectivity index (χ2v) is 2.23. The normalized spacial score (nSPS) is 10.0. The molecule has 0 aromatic carbocycles. The first-order valence-electron chi connectivity index (χ1n) is 3.55. The Morgan fingerprint density at radius 1 is 1.57 bits per heavy atom. The Morgan fingerprint density at radius 3 is 2.71 bits per heavy atom. The average molecular weight is 203 g/mol. The molecule has 3 N–H and O–H groups in total. The van der Waals surface area contributed by atoms with E-state index in [9.17, 15) is 13.6 Å². The van der Waals surface area contributed by atoms with Gasteiger partial charge in [-0.25, -0.2) is 10.8 Å². The van der Waals surface area contributed by atoms with E-state index >= 15 is 0 Å². The number of alkyl halides is 2. The van der Waals surface area contributed by atoms with E-state index in [1.807, 2.05) is 5.43 Å². The van der Waals surface area contributed by atoms with Crippen LogP contribution in [0.2, 0.25) is 0 Å². The number of rotatable bonds is 3. The van der Waals surface area contributed by atoms with Crippen LogP contribution >= 0.6 is 0 Å². The van der Waals surface area contributed by atoms with Gasteiger partial charge in [0.2, 0.25) is 0 Å². The zero-order valence-electron chi connectivity index (χ0n) is 6.91. The quantitative estimate of drug-likeness (QED) is 0.420. The molecule has 1 amide bonds. The molecule has 1 rings (SSSR count). The number of halogens is 2. The van der Waals surface area contributed by atoms with Gasteiger partial charge in [0.15, 0.2) is 0 Å². The number of nitrogens with one attached hydrogen (secondary N) is 1. The fourth-order valence-corrected chi connectivity index (χ4v) is 0.761. The number of hydrazine groups is 1. The maximum absolute atomic E-state index is 11.7. The summed E-state index contributed by atoms with van der Waals surface area (Å²) in [7, 11) is 0. The predicted octanol–water partition coefficient (Wildman–Crippen LogP) is 0.286. The van der Waals surface area contributed by atoms with Crippen molar-refractivity contribution in [2.75, 3.05) is 0 Å². The SMILES string of the molecule is NNC(=O)c1ccc(OC(F)F)cn1. The lowest BCUT2D eigenvalue weighted by Gasteiger charge is -2.03. The highest BCUT2D eigenvalue weighted by Crippen LogP contribution is 2.12. The van der Waals surface area contributed by atoms with Crippen LogP contribution in [0.15, 0.2) is 18.3 Å². The summed E-state index contributed by atoms with van der Waals surface area (Å²) >= 11 is 0. The van der Waals surface area contributed by atoms with Crippen molar-refractivity contribution in [3.05, 3.63) is 24.0 Å². The van der Waals surface area contributed by atoms with Gasteiger partial charge in [-0.05, 0) is 12.1 Å². The van der Waals surface area contributed by atoms with Gasteiger partial charge in [0, 0.05) is 0 Å². The lowest BCUT2D eigenvalue weighted by Crippen LogP contribution is -2.30. The number of nitrogens with two attached hydrogens (primary N) is 1. The number of nitrogen functional groups attached to an aromatic ring is 1. The number of nitrogens with zero attached hydrogens (tertiary/aromatic N) is 1. The summed E-state index contributed by atoms with van der Waals surface area (Å²) < 4.78 is 27.4. The number of ether oxygens (including phenoxy) is 1. The third-order valence-corrected chi connectivity index (χ3v) is 1.33. The van der Waals surface area contributed by atoms with Gasteiger partial charge in [0.1, 0.15) is 11.4 Å². The van der Waals surface area contributed by atoms with Crippen LogP contribution in [-0.2, 0) is 0 Å². The fraction of sp³-hybridized carbons (Fsp3) is 0.143. The Hall–Kier alpha value is -1.76. The van der Waals surface area contributed by atoms with Gasteiger partial charge in [-0.2, -0.15) is 8.78 Å². The van der Waals surface area contributed by atoms with Crippen molar-refractivity contribution >= 4 is 5.91 Å². The molecule has 0 aliphatic rings. The topological polar surface area (TPSA) is 77.2 Å². The maximum Gasteiger partial charge on any atom is 0.387 e. The van der Waals surface area contributed by atoms with Crippen molar-refractivity contribution in [1.29, 1.82) is 0 Å². The number of carbonyl (C=O) groups excluding carboxylic acids is 1. The van der Waals surface area contributed by atoms with Gasteiger partial charge in [-0.1, -0.05) is 0 Å². The van der Waals surface area contributed by atoms with Crippen LogP contribution in [0.1, 0.15) is 10.5 Å². The molecular weight excluding hydrogens is 196 g/mol. The van der Waals surface area contributed by atoms with Crippen LogP contribution in [0.3, 0.4) is 0 Å². The number of amides is 1. The molecule has 1 aromatic heterocycles. The second-order valence-electron chi connectivity index (χ2n) is 2.23. The monoisotopic (exact) mass is 203 g/mol. The number of carbonyl (C=O) groups is 1. The molecule has 0 saturated heterocycles. The first kappa shape index (κ1) is 10.3. The molecule has 0 radical (unpaired) electrons. The second kappa shape index (κ2) is 4.47. The molecule has 0 saturated carbocycles. The van der Waals surface area contributed by atoms with Crippen LogP contribution in [-0.4, -0.2) is 17.5 Å². The van der Waals surface area contributed by atoms with Crippen LogP contribution in [0, 0.1) is 0 Å². The minimum atomic E-state index is -2.91. The van der Waals surface area contributed by atoms with Crippen LogP contribution in [0.5, 0.6) is 5.75 Å². The number of pyridine rings is 1. The van der Waals surface area contributed by atoms with Crippen LogP contribution in [0.4, 0.5) is 8.78 Å². The summed E-state index contributed by atoms with van der Waals surface area (Å²) in [6.45, 7) is -2.91. The molecule has 0 bridgehead atoms. The summed E-state index contributed by atoms with van der Waals surface area (Å²) in [5, 5.41) is 0. The third-order valence-electron chi connectivity index (χ3n) is 1.33. The van der Waals surface area contributed by atoms with E-state index < -0.39 is 12.5 Å². The molecule has 0 atom stereocenters. The summed E-state index contributed by atoms with van der Waals surface area (Å²) in [4.78, 5) is 14.4. The Labute approximate surface area is 77.8 Å². The first-order chi connectivity index (χ1) is 6.63. The summed E-state index contributed by atoms with van der Waals surface area (Å²) in [5.74, 6) is 4.11. The van der Waals surface area contributed by atoms with E-state index in [0.29, 0.717) is 0 Å². The Morgan fingerprint density at radius 2 is 2.29 bits per heavy atom. The highest BCUT2D eigenvalue weighted by Gasteiger charge is 2.07. The molecule has 5 nitrogen and oxygen atoms in total. The standard InChI is InChI=1S/C7H7F2N3O2/c8-7(9)14-4-1-2-5(11-3-4)6(13)12-10/h1-3,7H,10H2,(H,12,13). The predicted molar refractivity (Wildman–Crippen MR) is 42.5 cm³/mol. The van der Waals surface area contributed by atoms with Gasteiger partial charge >= 0.3 is 6.61 Å². The van der Waals surface area contributed by atoms with E-state index in [2.05, 4.69) is 9.72 Å². The fourth-order valence-electron chi connectivity index (χ4n) is 0.761. The molecule has 7 heteroatoms. The van der Waals surface area contributed by atoms with Gasteiger partial charge in [-0.15, -0.1) is 0 Å². The first-order valence-corrected chi connectivity index (χ1v) is 3.55. The summed E-state index contributed by atoms with van der Waals surface area (Å²) in [6.07, 6.45) is 1.01. The van der Waals surface area contributed by atoms with Gasteiger partial charge in [-0.3, -0.25) is 10.2 Å². The van der Waals surface area contributed by atoms with Crippen molar-refractivity contribution in [2.45, 2.75) is 6.61 Å². The van der Waals surface area contributed by atoms with Crippen molar-refractivity contribution in [2.24, 2.45) is 5.84 Å². The minimum Gasteiger partial charge on any atom is -0.433 e. The van der Waals surface area contributed by atoms with Crippen molar-refractivity contribution in [3.8, 4) is 5.75 Å². The van der Waals surface area contributed by atoms with E-state index in [0.717, 1.165) is 6.20 Å². The lowest BCUT2D eigenvalue weighted by molar-refractivity contribution is -0.0500. The third kappa shape index (κ3) is 2.63. The molecule has 0 aliphatic carbocycles. The number of hydrogen-bond acceptors (Lipinski definition) is 4. The Balaban J connectivity index is 2.73. The molecule has 0 fully saturated rings. The summed E-state index contributed by atoms with van der Waals surface area (Å²) in [6, 6.07) is 2.42. The lowest BCUT2D eigenvalue weighted by atomic mass is 10.3. The summed E-state index contributed by atoms with van der Waals surface area (Å²) in [5.41, 5.74) is 1.87. The van der Waals surface area contributed by atoms with Crippen LogP contribution in [0.25, 0.3) is 0 Å². The Kier molecular flexibility index (Phi) is 3.29. The molecule has 0 spiro atoms. The molecule has 14 heavy (non-hydrogen) atoms. The largest absolute Gasteiger partial charge is 0.433 e. The number of aromatic nitrogens is 1. The molecular formula is C7H7F2N3O2. The van der Waals surface area contributed by atoms with E-state index in [-0.39, 0.29) is 11.4 Å². The van der Waals surface area contributed by atoms with E-state index in [1.54, 1.807) is 0 Å². The number of hydrogen-bond donors (Lipinski definition) is 2. The molecule has 1 aromatic rings. The molecule has 76 valence electrons. The van der Waals surface area contributed by atoms with Gasteiger partial charge in [0.25, 0.3) is 5.91 Å². The zero-order chi connectivity index (χ0) is 10.6. The minimum absolute atomic E-state index is 0.0223. The van der Waals surface area contributed by atoms with Gasteiger partial charge in [0.05, 0.1) is 6.20 Å². The zero-order valence-corrected chi connectivity index (χ0v) is 6.91. The van der Waals surface area contributed by atoms with Crippen LogP contribution < -0.4 is 16.0 Å². The molecule has 0 aliphatic heterocycles. The van der Waals surface area contributed by atoms with Gasteiger partial charge < -0.3 is 4.74 Å².